The molecule has 2 unspecified atom stereocenters. The third-order valence-electron chi connectivity index (χ3n) is 1.76. The van der Waals surface area contributed by atoms with E-state index in [1.54, 1.807) is 6.92 Å². The predicted molar refractivity (Wildman–Crippen MR) is 50.3 cm³/mol. The molecule has 0 aliphatic rings. The molecule has 6 heteroatoms. The number of carboxylic acid groups (broad SMARTS) is 1. The molecule has 88 valence electrons. The summed E-state index contributed by atoms with van der Waals surface area (Å²) < 4.78 is 3.82. The van der Waals surface area contributed by atoms with E-state index >= 15 is 0 Å². The van der Waals surface area contributed by atoms with Crippen molar-refractivity contribution in [2.75, 3.05) is 0 Å². The third kappa shape index (κ3) is 9.17. The first-order chi connectivity index (χ1) is 6.91. The molecule has 0 amide bonds. The van der Waals surface area contributed by atoms with E-state index in [-0.39, 0.29) is 6.42 Å². The number of esters is 1. The molecule has 3 N–H and O–H groups in total. The van der Waals surface area contributed by atoms with Crippen molar-refractivity contribution in [1.29, 1.82) is 0 Å². The largest absolute Gasteiger partial charge is 0.513 e. The summed E-state index contributed by atoms with van der Waals surface area (Å²) in [5.41, 5.74) is 0. The minimum absolute atomic E-state index is 0.333. The molecule has 0 aliphatic heterocycles. The van der Waals surface area contributed by atoms with Crippen molar-refractivity contribution < 1.29 is 29.6 Å². The quantitative estimate of drug-likeness (QED) is 0.445. The Hall–Kier alpha value is -1.14. The Bertz CT molecular complexity index is 213. The molecule has 0 aliphatic carbocycles. The van der Waals surface area contributed by atoms with Crippen LogP contribution in [-0.2, 0) is 9.53 Å². The van der Waals surface area contributed by atoms with Crippen molar-refractivity contribution in [2.45, 2.75) is 44.8 Å². The predicted octanol–water partition coefficient (Wildman–Crippen LogP) is 0.510. The molecule has 0 spiro atoms. The van der Waals surface area contributed by atoms with Crippen LogP contribution in [0.15, 0.2) is 0 Å². The van der Waals surface area contributed by atoms with Gasteiger partial charge in [-0.3, -0.25) is 4.79 Å². The van der Waals surface area contributed by atoms with Crippen LogP contribution in [0.25, 0.3) is 0 Å². The fourth-order valence-corrected chi connectivity index (χ4v) is 1.08. The highest BCUT2D eigenvalue weighted by molar-refractivity contribution is 5.81. The van der Waals surface area contributed by atoms with E-state index in [0.29, 0.717) is 19.3 Å². The Morgan fingerprint density at radius 1 is 1.27 bits per heavy atom. The van der Waals surface area contributed by atoms with Gasteiger partial charge in [0.25, 0.3) is 0 Å². The molecule has 0 aromatic rings. The van der Waals surface area contributed by atoms with E-state index in [0.717, 1.165) is 0 Å². The molecule has 2 atom stereocenters. The van der Waals surface area contributed by atoms with Gasteiger partial charge in [0.1, 0.15) is 0 Å². The number of hydrogen-bond acceptors (Lipinski definition) is 5. The summed E-state index contributed by atoms with van der Waals surface area (Å²) in [6.07, 6.45) is -1.94. The standard InChI is InChI=1S/C9H16O6/c1-6(10)3-2-4-7(11)5-8(12)15-9(13)14/h6-7,10-11H,2-5H2,1H3,(H,13,14). The average molecular weight is 220 g/mol. The second-order valence-electron chi connectivity index (χ2n) is 3.38. The first-order valence-electron chi connectivity index (χ1n) is 4.71. The minimum Gasteiger partial charge on any atom is -0.449 e. The normalized spacial score (nSPS) is 14.3. The van der Waals surface area contributed by atoms with Crippen molar-refractivity contribution in [3.05, 3.63) is 0 Å². The molecule has 0 radical (unpaired) electrons. The summed E-state index contributed by atoms with van der Waals surface area (Å²) >= 11 is 0. The number of hydrogen-bond donors (Lipinski definition) is 3. The lowest BCUT2D eigenvalue weighted by Crippen LogP contribution is -2.18. The zero-order valence-corrected chi connectivity index (χ0v) is 8.55. The molecule has 0 aromatic heterocycles. The van der Waals surface area contributed by atoms with Crippen LogP contribution in [-0.4, -0.2) is 39.7 Å². The maximum Gasteiger partial charge on any atom is 0.513 e. The Kier molecular flexibility index (Phi) is 6.64. The van der Waals surface area contributed by atoms with Gasteiger partial charge in [0.15, 0.2) is 0 Å². The lowest BCUT2D eigenvalue weighted by molar-refractivity contribution is -0.141. The van der Waals surface area contributed by atoms with Gasteiger partial charge in [-0.25, -0.2) is 4.79 Å². The van der Waals surface area contributed by atoms with Crippen LogP contribution in [0.2, 0.25) is 0 Å². The topological polar surface area (TPSA) is 104 Å². The van der Waals surface area contributed by atoms with Crippen molar-refractivity contribution in [3.63, 3.8) is 0 Å². The fourth-order valence-electron chi connectivity index (χ4n) is 1.08. The highest BCUT2D eigenvalue weighted by Gasteiger charge is 2.14. The number of carbonyl (C=O) groups excluding carboxylic acids is 1. The third-order valence-corrected chi connectivity index (χ3v) is 1.76. The van der Waals surface area contributed by atoms with Gasteiger partial charge in [0.05, 0.1) is 18.6 Å². The lowest BCUT2D eigenvalue weighted by atomic mass is 10.1. The second kappa shape index (κ2) is 7.19. The zero-order valence-electron chi connectivity index (χ0n) is 8.55. The molecule has 0 saturated carbocycles. The molecule has 0 fully saturated rings. The van der Waals surface area contributed by atoms with E-state index in [2.05, 4.69) is 4.74 Å². The van der Waals surface area contributed by atoms with Crippen LogP contribution in [0.3, 0.4) is 0 Å². The van der Waals surface area contributed by atoms with Crippen LogP contribution in [0, 0.1) is 0 Å². The summed E-state index contributed by atoms with van der Waals surface area (Å²) in [7, 11) is 0. The minimum atomic E-state index is -1.67. The molecule has 0 rings (SSSR count). The Morgan fingerprint density at radius 2 is 1.87 bits per heavy atom. The molecule has 15 heavy (non-hydrogen) atoms. The van der Waals surface area contributed by atoms with E-state index in [1.165, 1.54) is 0 Å². The van der Waals surface area contributed by atoms with E-state index in [9.17, 15) is 14.7 Å². The molecule has 6 nitrogen and oxygen atoms in total. The molecule has 0 bridgehead atoms. The number of rotatable bonds is 6. The van der Waals surface area contributed by atoms with Gasteiger partial charge in [-0.1, -0.05) is 0 Å². The summed E-state index contributed by atoms with van der Waals surface area (Å²) in [5.74, 6) is -0.966. The zero-order chi connectivity index (χ0) is 11.8. The first kappa shape index (κ1) is 13.9. The van der Waals surface area contributed by atoms with Gasteiger partial charge in [-0.15, -0.1) is 0 Å². The van der Waals surface area contributed by atoms with E-state index in [4.69, 9.17) is 10.2 Å². The summed E-state index contributed by atoms with van der Waals surface area (Å²) in [5, 5.41) is 26.3. The van der Waals surface area contributed by atoms with Crippen LogP contribution >= 0.6 is 0 Å². The summed E-state index contributed by atoms with van der Waals surface area (Å²) in [4.78, 5) is 20.7. The SMILES string of the molecule is CC(O)CCCC(O)CC(=O)OC(=O)O. The van der Waals surface area contributed by atoms with Gasteiger partial charge < -0.3 is 20.1 Å². The highest BCUT2D eigenvalue weighted by atomic mass is 16.7. The Balaban J connectivity index is 3.59. The Morgan fingerprint density at radius 3 is 2.33 bits per heavy atom. The fraction of sp³-hybridized carbons (Fsp3) is 0.778. The summed E-state index contributed by atoms with van der Waals surface area (Å²) in [6.45, 7) is 1.63. The molecular weight excluding hydrogens is 204 g/mol. The number of aliphatic hydroxyl groups is 2. The monoisotopic (exact) mass is 220 g/mol. The number of carbonyl (C=O) groups is 2. The van der Waals surface area contributed by atoms with Crippen LogP contribution in [0.1, 0.15) is 32.6 Å². The number of aliphatic hydroxyl groups excluding tert-OH is 2. The Labute approximate surface area is 87.5 Å². The van der Waals surface area contributed by atoms with Crippen molar-refractivity contribution in [1.82, 2.24) is 0 Å². The van der Waals surface area contributed by atoms with Crippen molar-refractivity contribution in [3.8, 4) is 0 Å². The molecule has 0 heterocycles. The molecular formula is C9H16O6. The van der Waals surface area contributed by atoms with Crippen molar-refractivity contribution in [2.24, 2.45) is 0 Å². The van der Waals surface area contributed by atoms with Gasteiger partial charge in [-0.2, -0.15) is 0 Å². The molecule has 0 aromatic carbocycles. The second-order valence-corrected chi connectivity index (χ2v) is 3.38. The highest BCUT2D eigenvalue weighted by Crippen LogP contribution is 2.07. The maximum absolute atomic E-state index is 10.7. The molecule has 0 saturated heterocycles. The van der Waals surface area contributed by atoms with Gasteiger partial charge in [0, 0.05) is 0 Å². The lowest BCUT2D eigenvalue weighted by Gasteiger charge is -2.09. The van der Waals surface area contributed by atoms with E-state index in [1.807, 2.05) is 0 Å². The maximum atomic E-state index is 10.7. The first-order valence-corrected chi connectivity index (χ1v) is 4.71. The van der Waals surface area contributed by atoms with Gasteiger partial charge in [-0.05, 0) is 26.2 Å². The van der Waals surface area contributed by atoms with Crippen LogP contribution in [0.4, 0.5) is 4.79 Å². The van der Waals surface area contributed by atoms with Crippen molar-refractivity contribution >= 4 is 12.1 Å². The van der Waals surface area contributed by atoms with Crippen LogP contribution < -0.4 is 0 Å². The average Bonchev–Trinajstić information content (AvgIpc) is 2.00. The van der Waals surface area contributed by atoms with Crippen LogP contribution in [0.5, 0.6) is 0 Å². The van der Waals surface area contributed by atoms with E-state index < -0.39 is 24.3 Å². The van der Waals surface area contributed by atoms with Gasteiger partial charge in [0.2, 0.25) is 0 Å². The smallest absolute Gasteiger partial charge is 0.449 e. The number of ether oxygens (including phenoxy) is 1. The summed E-state index contributed by atoms with van der Waals surface area (Å²) in [6, 6.07) is 0. The van der Waals surface area contributed by atoms with Gasteiger partial charge >= 0.3 is 12.1 Å².